The molecular formula is C20H30O3. The zero-order chi connectivity index (χ0) is 16.2. The molecule has 0 aromatic carbocycles. The van der Waals surface area contributed by atoms with Gasteiger partial charge in [0.25, 0.3) is 0 Å². The summed E-state index contributed by atoms with van der Waals surface area (Å²) in [5, 5.41) is 19.3. The van der Waals surface area contributed by atoms with E-state index < -0.39 is 0 Å². The van der Waals surface area contributed by atoms with Gasteiger partial charge in [0.15, 0.2) is 5.78 Å². The van der Waals surface area contributed by atoms with Gasteiger partial charge in [-0.05, 0) is 80.5 Å². The van der Waals surface area contributed by atoms with E-state index in [1.54, 1.807) is 0 Å². The zero-order valence-corrected chi connectivity index (χ0v) is 14.2. The van der Waals surface area contributed by atoms with Crippen LogP contribution in [0.4, 0.5) is 0 Å². The summed E-state index contributed by atoms with van der Waals surface area (Å²) in [5.74, 6) is 2.97. The Morgan fingerprint density at radius 1 is 1.22 bits per heavy atom. The van der Waals surface area contributed by atoms with E-state index in [2.05, 4.69) is 13.0 Å². The van der Waals surface area contributed by atoms with Gasteiger partial charge in [0.1, 0.15) is 6.61 Å². The Bertz CT molecular complexity index is 525. The molecule has 4 aliphatic rings. The number of hydrogen-bond donors (Lipinski definition) is 2. The number of rotatable bonds is 2. The maximum absolute atomic E-state index is 12.2. The third-order valence-electron chi connectivity index (χ3n) is 7.96. The average molecular weight is 318 g/mol. The maximum atomic E-state index is 12.2. The Kier molecular flexibility index (Phi) is 3.92. The lowest BCUT2D eigenvalue weighted by molar-refractivity contribution is -0.131. The van der Waals surface area contributed by atoms with Crippen molar-refractivity contribution < 1.29 is 15.0 Å². The number of carbonyl (C=O) groups excluding carboxylic acids is 1. The lowest BCUT2D eigenvalue weighted by atomic mass is 9.51. The van der Waals surface area contributed by atoms with E-state index in [4.69, 9.17) is 0 Å². The van der Waals surface area contributed by atoms with E-state index in [9.17, 15) is 15.0 Å². The molecule has 7 unspecified atom stereocenters. The molecule has 0 spiro atoms. The molecule has 128 valence electrons. The molecule has 0 amide bonds. The molecule has 4 aliphatic carbocycles. The van der Waals surface area contributed by atoms with Crippen LogP contribution in [0.5, 0.6) is 0 Å². The van der Waals surface area contributed by atoms with Gasteiger partial charge in [-0.2, -0.15) is 0 Å². The molecule has 0 saturated heterocycles. The van der Waals surface area contributed by atoms with E-state index in [0.29, 0.717) is 17.8 Å². The number of hydrogen-bond acceptors (Lipinski definition) is 3. The van der Waals surface area contributed by atoms with E-state index in [1.807, 2.05) is 0 Å². The summed E-state index contributed by atoms with van der Waals surface area (Å²) < 4.78 is 0. The van der Waals surface area contributed by atoms with Crippen molar-refractivity contribution in [2.75, 3.05) is 6.61 Å². The summed E-state index contributed by atoms with van der Waals surface area (Å²) >= 11 is 0. The van der Waals surface area contributed by atoms with Crippen molar-refractivity contribution in [3.05, 3.63) is 11.6 Å². The van der Waals surface area contributed by atoms with Crippen molar-refractivity contribution in [3.8, 4) is 0 Å². The van der Waals surface area contributed by atoms with Gasteiger partial charge in [-0.15, -0.1) is 0 Å². The molecule has 3 saturated carbocycles. The summed E-state index contributed by atoms with van der Waals surface area (Å²) in [4.78, 5) is 12.2. The first-order chi connectivity index (χ1) is 11.0. The topological polar surface area (TPSA) is 57.5 Å². The predicted molar refractivity (Wildman–Crippen MR) is 88.7 cm³/mol. The lowest BCUT2D eigenvalue weighted by Gasteiger charge is -2.53. The van der Waals surface area contributed by atoms with Crippen LogP contribution in [0.3, 0.4) is 0 Å². The van der Waals surface area contributed by atoms with Crippen molar-refractivity contribution >= 4 is 5.78 Å². The van der Waals surface area contributed by atoms with E-state index in [1.165, 1.54) is 12.0 Å². The molecule has 0 heterocycles. The second kappa shape index (κ2) is 5.70. The first-order valence-corrected chi connectivity index (χ1v) is 9.55. The SMILES string of the molecule is CC12CCC3C4CCC(O)CC4=CCC3C1CCC2C(=O)CO. The second-order valence-electron chi connectivity index (χ2n) is 8.79. The van der Waals surface area contributed by atoms with Gasteiger partial charge in [-0.1, -0.05) is 18.6 Å². The highest BCUT2D eigenvalue weighted by molar-refractivity contribution is 5.83. The van der Waals surface area contributed by atoms with Crippen LogP contribution >= 0.6 is 0 Å². The van der Waals surface area contributed by atoms with Crippen molar-refractivity contribution in [1.82, 2.24) is 0 Å². The third-order valence-corrected chi connectivity index (χ3v) is 7.96. The van der Waals surface area contributed by atoms with E-state index in [-0.39, 0.29) is 29.8 Å². The summed E-state index contributed by atoms with van der Waals surface area (Å²) in [6.45, 7) is 2.04. The molecule has 0 aliphatic heterocycles. The fourth-order valence-corrected chi connectivity index (χ4v) is 6.89. The van der Waals surface area contributed by atoms with Crippen LogP contribution in [-0.4, -0.2) is 28.7 Å². The van der Waals surface area contributed by atoms with Crippen molar-refractivity contribution in [1.29, 1.82) is 0 Å². The number of carbonyl (C=O) groups is 1. The first-order valence-electron chi connectivity index (χ1n) is 9.55. The fraction of sp³-hybridized carbons (Fsp3) is 0.850. The van der Waals surface area contributed by atoms with Crippen LogP contribution in [0.2, 0.25) is 0 Å². The Balaban J connectivity index is 1.59. The van der Waals surface area contributed by atoms with Crippen molar-refractivity contribution in [2.45, 2.75) is 64.4 Å². The van der Waals surface area contributed by atoms with Gasteiger partial charge in [0.05, 0.1) is 6.10 Å². The van der Waals surface area contributed by atoms with Crippen LogP contribution in [0, 0.1) is 35.0 Å². The molecule has 3 fully saturated rings. The highest BCUT2D eigenvalue weighted by Gasteiger charge is 2.57. The van der Waals surface area contributed by atoms with Gasteiger partial charge in [-0.3, -0.25) is 4.79 Å². The molecule has 2 N–H and O–H groups in total. The molecule has 3 heteroatoms. The van der Waals surface area contributed by atoms with Gasteiger partial charge >= 0.3 is 0 Å². The van der Waals surface area contributed by atoms with Crippen LogP contribution in [0.15, 0.2) is 11.6 Å². The molecule has 4 rings (SSSR count). The molecule has 0 radical (unpaired) electrons. The minimum atomic E-state index is -0.286. The molecule has 0 aromatic rings. The summed E-state index contributed by atoms with van der Waals surface area (Å²) in [6.07, 6.45) is 10.9. The predicted octanol–water partition coefficient (Wildman–Crippen LogP) is 3.10. The van der Waals surface area contributed by atoms with Gasteiger partial charge < -0.3 is 10.2 Å². The number of fused-ring (bicyclic) bond motifs is 5. The Labute approximate surface area is 139 Å². The van der Waals surface area contributed by atoms with Gasteiger partial charge in [0.2, 0.25) is 0 Å². The molecule has 0 bridgehead atoms. The third kappa shape index (κ3) is 2.34. The Hall–Kier alpha value is -0.670. The minimum absolute atomic E-state index is 0.0706. The van der Waals surface area contributed by atoms with Crippen molar-refractivity contribution in [2.24, 2.45) is 35.0 Å². The number of ketones is 1. The van der Waals surface area contributed by atoms with Crippen LogP contribution in [-0.2, 0) is 4.79 Å². The van der Waals surface area contributed by atoms with Crippen LogP contribution < -0.4 is 0 Å². The maximum Gasteiger partial charge on any atom is 0.161 e. The van der Waals surface area contributed by atoms with E-state index >= 15 is 0 Å². The summed E-state index contributed by atoms with van der Waals surface area (Å²) in [6, 6.07) is 0. The van der Waals surface area contributed by atoms with Gasteiger partial charge in [0, 0.05) is 5.92 Å². The molecule has 3 nitrogen and oxygen atoms in total. The number of aliphatic hydroxyl groups is 2. The highest BCUT2D eigenvalue weighted by atomic mass is 16.3. The quantitative estimate of drug-likeness (QED) is 0.769. The smallest absolute Gasteiger partial charge is 0.161 e. The number of allylic oxidation sites excluding steroid dienone is 1. The molecule has 23 heavy (non-hydrogen) atoms. The molecule has 7 atom stereocenters. The summed E-state index contributed by atoms with van der Waals surface area (Å²) in [7, 11) is 0. The Morgan fingerprint density at radius 2 is 2.04 bits per heavy atom. The minimum Gasteiger partial charge on any atom is -0.393 e. The van der Waals surface area contributed by atoms with E-state index in [0.717, 1.165) is 50.9 Å². The summed E-state index contributed by atoms with van der Waals surface area (Å²) in [5.41, 5.74) is 1.63. The number of aliphatic hydroxyl groups excluding tert-OH is 2. The second-order valence-corrected chi connectivity index (χ2v) is 8.79. The zero-order valence-electron chi connectivity index (χ0n) is 14.2. The monoisotopic (exact) mass is 318 g/mol. The Morgan fingerprint density at radius 3 is 2.83 bits per heavy atom. The first kappa shape index (κ1) is 15.8. The largest absolute Gasteiger partial charge is 0.393 e. The highest BCUT2D eigenvalue weighted by Crippen LogP contribution is 2.63. The van der Waals surface area contributed by atoms with Crippen LogP contribution in [0.25, 0.3) is 0 Å². The van der Waals surface area contributed by atoms with Crippen LogP contribution in [0.1, 0.15) is 58.3 Å². The molecule has 0 aromatic heterocycles. The standard InChI is InChI=1S/C20H30O3/c1-20-9-8-15-14-5-3-13(22)10-12(14)2-4-16(15)17(20)6-7-18(20)19(23)11-21/h2,13-18,21-22H,3-11H2,1H3. The van der Waals surface area contributed by atoms with Crippen molar-refractivity contribution in [3.63, 3.8) is 0 Å². The number of Topliss-reactive ketones (excluding diaryl/α,β-unsaturated/α-hetero) is 1. The molecular weight excluding hydrogens is 288 g/mol. The fourth-order valence-electron chi connectivity index (χ4n) is 6.89. The van der Waals surface area contributed by atoms with Gasteiger partial charge in [-0.25, -0.2) is 0 Å². The average Bonchev–Trinajstić information content (AvgIpc) is 2.90. The lowest BCUT2D eigenvalue weighted by Crippen LogP contribution is -2.47. The normalized spacial score (nSPS) is 48.9.